The molecule has 1 aromatic rings. The summed E-state index contributed by atoms with van der Waals surface area (Å²) in [6.07, 6.45) is 3.07. The van der Waals surface area contributed by atoms with E-state index in [4.69, 9.17) is 14.0 Å². The third kappa shape index (κ3) is 3.59. The van der Waals surface area contributed by atoms with Crippen LogP contribution in [0.3, 0.4) is 0 Å². The highest BCUT2D eigenvalue weighted by Gasteiger charge is 2.53. The standard InChI is InChI=1S/C17H22BFO3/c1-6-10-20-14-9-7-8-13(11-14)12-15(19)18-21-16(2,3)17(4,5)22-18/h6-9,11-12H,1,10H2,2-5H3. The van der Waals surface area contributed by atoms with E-state index in [1.807, 2.05) is 39.8 Å². The van der Waals surface area contributed by atoms with Crippen LogP contribution >= 0.6 is 0 Å². The molecular formula is C17H22BFO3. The van der Waals surface area contributed by atoms with Crippen molar-refractivity contribution in [3.8, 4) is 5.75 Å². The summed E-state index contributed by atoms with van der Waals surface area (Å²) >= 11 is 0. The quantitative estimate of drug-likeness (QED) is 0.603. The molecule has 118 valence electrons. The summed E-state index contributed by atoms with van der Waals surface area (Å²) in [5.74, 6) is 0.662. The predicted octanol–water partition coefficient (Wildman–Crippen LogP) is 4.19. The van der Waals surface area contributed by atoms with Gasteiger partial charge >= 0.3 is 7.12 Å². The lowest BCUT2D eigenvalue weighted by Gasteiger charge is -2.32. The van der Waals surface area contributed by atoms with Gasteiger partial charge in [-0.25, -0.2) is 4.39 Å². The molecule has 0 aromatic heterocycles. The Hall–Kier alpha value is -1.59. The van der Waals surface area contributed by atoms with Crippen molar-refractivity contribution < 1.29 is 18.4 Å². The van der Waals surface area contributed by atoms with Gasteiger partial charge in [0.05, 0.1) is 11.2 Å². The van der Waals surface area contributed by atoms with E-state index < -0.39 is 24.0 Å². The van der Waals surface area contributed by atoms with E-state index in [-0.39, 0.29) is 0 Å². The molecule has 3 nitrogen and oxygen atoms in total. The average Bonchev–Trinajstić information content (AvgIpc) is 2.66. The molecule has 0 bridgehead atoms. The van der Waals surface area contributed by atoms with Crippen LogP contribution in [0, 0.1) is 0 Å². The molecule has 22 heavy (non-hydrogen) atoms. The number of halogens is 1. The fraction of sp³-hybridized carbons (Fsp3) is 0.412. The van der Waals surface area contributed by atoms with Gasteiger partial charge < -0.3 is 14.0 Å². The van der Waals surface area contributed by atoms with E-state index >= 15 is 0 Å². The number of rotatable bonds is 5. The van der Waals surface area contributed by atoms with E-state index in [9.17, 15) is 4.39 Å². The molecule has 1 aliphatic heterocycles. The molecular weight excluding hydrogens is 282 g/mol. The van der Waals surface area contributed by atoms with Crippen molar-refractivity contribution in [1.29, 1.82) is 0 Å². The van der Waals surface area contributed by atoms with Crippen LogP contribution in [0.4, 0.5) is 4.39 Å². The first-order valence-electron chi connectivity index (χ1n) is 7.32. The van der Waals surface area contributed by atoms with Crippen LogP contribution in [0.25, 0.3) is 6.08 Å². The molecule has 1 heterocycles. The summed E-state index contributed by atoms with van der Waals surface area (Å²) in [5.41, 5.74) is -0.886. The van der Waals surface area contributed by atoms with Crippen LogP contribution in [0.15, 0.2) is 42.6 Å². The molecule has 0 atom stereocenters. The molecule has 1 fully saturated rings. The van der Waals surface area contributed by atoms with Crippen molar-refractivity contribution >= 4 is 13.2 Å². The summed E-state index contributed by atoms with van der Waals surface area (Å²) < 4.78 is 31.2. The van der Waals surface area contributed by atoms with Crippen molar-refractivity contribution in [1.82, 2.24) is 0 Å². The zero-order chi connectivity index (χ0) is 16.4. The molecule has 5 heteroatoms. The zero-order valence-corrected chi connectivity index (χ0v) is 13.6. The van der Waals surface area contributed by atoms with Gasteiger partial charge in [-0.2, -0.15) is 0 Å². The van der Waals surface area contributed by atoms with Gasteiger partial charge in [-0.15, -0.1) is 0 Å². The fourth-order valence-corrected chi connectivity index (χ4v) is 2.03. The van der Waals surface area contributed by atoms with Gasteiger partial charge in [0.15, 0.2) is 0 Å². The van der Waals surface area contributed by atoms with Crippen LogP contribution in [-0.4, -0.2) is 24.9 Å². The van der Waals surface area contributed by atoms with E-state index in [1.165, 1.54) is 6.08 Å². The number of benzene rings is 1. The monoisotopic (exact) mass is 304 g/mol. The van der Waals surface area contributed by atoms with Gasteiger partial charge in [0.2, 0.25) is 0 Å². The molecule has 0 unspecified atom stereocenters. The minimum absolute atomic E-state index is 0.410. The SMILES string of the molecule is C=CCOc1cccc(C=C(F)B2OC(C)(C)C(C)(C)O2)c1. The molecule has 1 aromatic carbocycles. The lowest BCUT2D eigenvalue weighted by atomic mass is 9.87. The molecule has 0 spiro atoms. The number of ether oxygens (including phenoxy) is 1. The largest absolute Gasteiger partial charge is 0.525 e. The van der Waals surface area contributed by atoms with Crippen molar-refractivity contribution in [2.45, 2.75) is 38.9 Å². The molecule has 0 N–H and O–H groups in total. The van der Waals surface area contributed by atoms with Crippen molar-refractivity contribution in [2.24, 2.45) is 0 Å². The maximum Gasteiger partial charge on any atom is 0.525 e. The second-order valence-corrected chi connectivity index (χ2v) is 6.29. The maximum atomic E-state index is 14.4. The number of hydrogen-bond donors (Lipinski definition) is 0. The Kier molecular flexibility index (Phi) is 4.78. The highest BCUT2D eigenvalue weighted by molar-refractivity contribution is 6.54. The normalized spacial score (nSPS) is 20.0. The van der Waals surface area contributed by atoms with Crippen LogP contribution in [0.1, 0.15) is 33.3 Å². The summed E-state index contributed by atoms with van der Waals surface area (Å²) in [6.45, 7) is 11.6. The first-order chi connectivity index (χ1) is 10.2. The van der Waals surface area contributed by atoms with Crippen molar-refractivity contribution in [3.05, 3.63) is 48.2 Å². The van der Waals surface area contributed by atoms with Gasteiger partial charge in [0.1, 0.15) is 18.1 Å². The van der Waals surface area contributed by atoms with Crippen LogP contribution < -0.4 is 4.74 Å². The van der Waals surface area contributed by atoms with Gasteiger partial charge in [-0.1, -0.05) is 24.8 Å². The summed E-state index contributed by atoms with van der Waals surface area (Å²) in [4.78, 5) is 0. The third-order valence-corrected chi connectivity index (χ3v) is 4.01. The molecule has 2 rings (SSSR count). The molecule has 0 saturated carbocycles. The summed E-state index contributed by atoms with van der Waals surface area (Å²) in [5, 5.41) is 0. The van der Waals surface area contributed by atoms with Crippen LogP contribution in [0.5, 0.6) is 5.75 Å². The second-order valence-electron chi connectivity index (χ2n) is 6.29. The second kappa shape index (κ2) is 6.27. The number of hydrogen-bond acceptors (Lipinski definition) is 3. The smallest absolute Gasteiger partial charge is 0.490 e. The topological polar surface area (TPSA) is 27.7 Å². The lowest BCUT2D eigenvalue weighted by Crippen LogP contribution is -2.41. The Bertz CT molecular complexity index is 565. The third-order valence-electron chi connectivity index (χ3n) is 4.01. The zero-order valence-electron chi connectivity index (χ0n) is 13.6. The van der Waals surface area contributed by atoms with Crippen LogP contribution in [0.2, 0.25) is 0 Å². The summed E-state index contributed by atoms with van der Waals surface area (Å²) in [7, 11) is -0.984. The van der Waals surface area contributed by atoms with Gasteiger partial charge in [0.25, 0.3) is 0 Å². The van der Waals surface area contributed by atoms with E-state index in [2.05, 4.69) is 6.58 Å². The Morgan fingerprint density at radius 1 is 1.27 bits per heavy atom. The molecule has 0 radical (unpaired) electrons. The van der Waals surface area contributed by atoms with E-state index in [0.717, 1.165) is 0 Å². The highest BCUT2D eigenvalue weighted by atomic mass is 19.1. The van der Waals surface area contributed by atoms with Gasteiger partial charge in [-0.05, 0) is 51.5 Å². The molecule has 0 aliphatic carbocycles. The van der Waals surface area contributed by atoms with Crippen LogP contribution in [-0.2, 0) is 9.31 Å². The Balaban J connectivity index is 2.14. The van der Waals surface area contributed by atoms with Gasteiger partial charge in [0, 0.05) is 0 Å². The van der Waals surface area contributed by atoms with E-state index in [0.29, 0.717) is 17.9 Å². The first kappa shape index (κ1) is 16.8. The van der Waals surface area contributed by atoms with E-state index in [1.54, 1.807) is 18.2 Å². The molecule has 0 amide bonds. The lowest BCUT2D eigenvalue weighted by molar-refractivity contribution is 0.00578. The Morgan fingerprint density at radius 2 is 1.91 bits per heavy atom. The molecule has 1 aliphatic rings. The average molecular weight is 304 g/mol. The fourth-order valence-electron chi connectivity index (χ4n) is 2.03. The minimum Gasteiger partial charge on any atom is -0.490 e. The van der Waals surface area contributed by atoms with Crippen molar-refractivity contribution in [3.63, 3.8) is 0 Å². The minimum atomic E-state index is -0.984. The summed E-state index contributed by atoms with van der Waals surface area (Å²) in [6, 6.07) is 7.18. The predicted molar refractivity (Wildman–Crippen MR) is 87.3 cm³/mol. The molecule has 1 saturated heterocycles. The Labute approximate surface area is 131 Å². The Morgan fingerprint density at radius 3 is 2.50 bits per heavy atom. The van der Waals surface area contributed by atoms with Crippen molar-refractivity contribution in [2.75, 3.05) is 6.61 Å². The maximum absolute atomic E-state index is 14.4. The van der Waals surface area contributed by atoms with Gasteiger partial charge in [-0.3, -0.25) is 0 Å². The highest BCUT2D eigenvalue weighted by Crippen LogP contribution is 2.39. The first-order valence-corrected chi connectivity index (χ1v) is 7.32.